The molecular weight excluding hydrogens is 308 g/mol. The molecule has 19 heavy (non-hydrogen) atoms. The molecule has 0 saturated heterocycles. The molecule has 1 aromatic carbocycles. The average molecular weight is 315 g/mol. The van der Waals surface area contributed by atoms with Gasteiger partial charge in [-0.05, 0) is 34.1 Å². The minimum Gasteiger partial charge on any atom is -0.442 e. The molecule has 3 rings (SSSR count). The van der Waals surface area contributed by atoms with Crippen LogP contribution in [0.4, 0.5) is 0 Å². The number of ether oxygens (including phenoxy) is 1. The molecule has 0 atom stereocenters. The highest BCUT2D eigenvalue weighted by atomic mass is 79.9. The molecule has 3 aromatic rings. The third kappa shape index (κ3) is 2.18. The van der Waals surface area contributed by atoms with E-state index in [4.69, 9.17) is 14.4 Å². The number of hydrogen-bond acceptors (Lipinski definition) is 4. The van der Waals surface area contributed by atoms with Gasteiger partial charge in [-0.2, -0.15) is 5.26 Å². The number of hydrogen-bond donors (Lipinski definition) is 0. The van der Waals surface area contributed by atoms with Crippen LogP contribution in [0.25, 0.3) is 11.0 Å². The van der Waals surface area contributed by atoms with Crippen molar-refractivity contribution < 1.29 is 9.15 Å². The number of nitrogens with zero attached hydrogens (tertiary/aromatic N) is 2. The SMILES string of the molecule is N#Cc1oc2ccccc2c1Oc1cccc(Br)n1. The third-order valence-corrected chi connectivity index (χ3v) is 2.99. The Labute approximate surface area is 117 Å². The van der Waals surface area contributed by atoms with E-state index in [1.54, 1.807) is 24.3 Å². The van der Waals surface area contributed by atoms with Crippen molar-refractivity contribution in [1.29, 1.82) is 5.26 Å². The van der Waals surface area contributed by atoms with Crippen molar-refractivity contribution in [2.24, 2.45) is 0 Å². The standard InChI is InChI=1S/C14H7BrN2O2/c15-12-6-3-7-13(17-12)19-14-9-4-1-2-5-10(9)18-11(14)8-16/h1-7H. The highest BCUT2D eigenvalue weighted by molar-refractivity contribution is 9.10. The maximum absolute atomic E-state index is 9.10. The summed E-state index contributed by atoms with van der Waals surface area (Å²) in [6, 6.07) is 14.6. The van der Waals surface area contributed by atoms with Crippen LogP contribution >= 0.6 is 15.9 Å². The van der Waals surface area contributed by atoms with Crippen molar-refractivity contribution in [3.05, 3.63) is 52.8 Å². The van der Waals surface area contributed by atoms with Crippen LogP contribution in [0.5, 0.6) is 11.6 Å². The predicted molar refractivity (Wildman–Crippen MR) is 72.9 cm³/mol. The molecule has 0 N–H and O–H groups in total. The summed E-state index contributed by atoms with van der Waals surface area (Å²) in [6.45, 7) is 0. The summed E-state index contributed by atoms with van der Waals surface area (Å²) in [5, 5.41) is 9.85. The molecule has 0 aliphatic rings. The van der Waals surface area contributed by atoms with Crippen LogP contribution in [0.3, 0.4) is 0 Å². The fourth-order valence-electron chi connectivity index (χ4n) is 1.75. The van der Waals surface area contributed by atoms with Gasteiger partial charge < -0.3 is 9.15 Å². The number of nitriles is 1. The molecule has 0 radical (unpaired) electrons. The number of benzene rings is 1. The van der Waals surface area contributed by atoms with Crippen molar-refractivity contribution in [1.82, 2.24) is 4.98 Å². The highest BCUT2D eigenvalue weighted by Crippen LogP contribution is 2.35. The molecule has 0 unspecified atom stereocenters. The van der Waals surface area contributed by atoms with Crippen molar-refractivity contribution in [3.8, 4) is 17.7 Å². The number of furan rings is 1. The Kier molecular flexibility index (Phi) is 2.94. The minimum atomic E-state index is 0.142. The summed E-state index contributed by atoms with van der Waals surface area (Å²) in [6.07, 6.45) is 0. The van der Waals surface area contributed by atoms with E-state index < -0.39 is 0 Å². The van der Waals surface area contributed by atoms with E-state index in [2.05, 4.69) is 20.9 Å². The fraction of sp³-hybridized carbons (Fsp3) is 0. The lowest BCUT2D eigenvalue weighted by Gasteiger charge is -2.02. The number of aromatic nitrogens is 1. The maximum Gasteiger partial charge on any atom is 0.247 e. The molecule has 2 aromatic heterocycles. The average Bonchev–Trinajstić information content (AvgIpc) is 2.77. The lowest BCUT2D eigenvalue weighted by Crippen LogP contribution is -1.88. The summed E-state index contributed by atoms with van der Waals surface area (Å²) in [4.78, 5) is 4.17. The summed E-state index contributed by atoms with van der Waals surface area (Å²) >= 11 is 3.27. The Bertz CT molecular complexity index is 789. The number of fused-ring (bicyclic) bond motifs is 1. The van der Waals surface area contributed by atoms with Gasteiger partial charge in [0, 0.05) is 6.07 Å². The Morgan fingerprint density at radius 3 is 2.79 bits per heavy atom. The van der Waals surface area contributed by atoms with Crippen LogP contribution in [0.2, 0.25) is 0 Å². The van der Waals surface area contributed by atoms with Gasteiger partial charge in [-0.1, -0.05) is 18.2 Å². The molecule has 0 spiro atoms. The van der Waals surface area contributed by atoms with E-state index in [1.165, 1.54) is 0 Å². The zero-order valence-electron chi connectivity index (χ0n) is 9.63. The Morgan fingerprint density at radius 2 is 2.00 bits per heavy atom. The molecule has 0 amide bonds. The predicted octanol–water partition coefficient (Wildman–Crippen LogP) is 4.25. The number of para-hydroxylation sites is 1. The van der Waals surface area contributed by atoms with E-state index in [-0.39, 0.29) is 5.76 Å². The largest absolute Gasteiger partial charge is 0.442 e. The normalized spacial score (nSPS) is 10.3. The number of pyridine rings is 1. The third-order valence-electron chi connectivity index (χ3n) is 2.55. The molecule has 0 saturated carbocycles. The zero-order valence-corrected chi connectivity index (χ0v) is 11.2. The molecule has 0 aliphatic carbocycles. The van der Waals surface area contributed by atoms with Crippen molar-refractivity contribution in [2.45, 2.75) is 0 Å². The number of rotatable bonds is 2. The molecule has 4 nitrogen and oxygen atoms in total. The molecule has 2 heterocycles. The summed E-state index contributed by atoms with van der Waals surface area (Å²) in [7, 11) is 0. The second kappa shape index (κ2) is 4.75. The van der Waals surface area contributed by atoms with Gasteiger partial charge in [0.05, 0.1) is 5.39 Å². The second-order valence-corrected chi connectivity index (χ2v) is 4.58. The molecular formula is C14H7BrN2O2. The van der Waals surface area contributed by atoms with Crippen LogP contribution in [-0.4, -0.2) is 4.98 Å². The lowest BCUT2D eigenvalue weighted by molar-refractivity contribution is 0.449. The van der Waals surface area contributed by atoms with Gasteiger partial charge in [0.1, 0.15) is 16.3 Å². The molecule has 0 bridgehead atoms. The van der Waals surface area contributed by atoms with E-state index in [0.717, 1.165) is 5.39 Å². The molecule has 5 heteroatoms. The van der Waals surface area contributed by atoms with Crippen molar-refractivity contribution >= 4 is 26.9 Å². The Balaban J connectivity index is 2.12. The maximum atomic E-state index is 9.10. The first-order valence-corrected chi connectivity index (χ1v) is 6.29. The summed E-state index contributed by atoms with van der Waals surface area (Å²) in [5.41, 5.74) is 0.615. The van der Waals surface area contributed by atoms with Crippen LogP contribution in [-0.2, 0) is 0 Å². The first-order valence-electron chi connectivity index (χ1n) is 5.50. The molecule has 92 valence electrons. The Morgan fingerprint density at radius 1 is 1.16 bits per heavy atom. The quantitative estimate of drug-likeness (QED) is 0.663. The topological polar surface area (TPSA) is 59.0 Å². The first-order chi connectivity index (χ1) is 9.28. The van der Waals surface area contributed by atoms with E-state index >= 15 is 0 Å². The first kappa shape index (κ1) is 11.8. The van der Waals surface area contributed by atoms with E-state index in [9.17, 15) is 0 Å². The monoisotopic (exact) mass is 314 g/mol. The molecule has 0 fully saturated rings. The summed E-state index contributed by atoms with van der Waals surface area (Å²) < 4.78 is 11.8. The van der Waals surface area contributed by atoms with Gasteiger partial charge in [-0.25, -0.2) is 4.98 Å². The highest BCUT2D eigenvalue weighted by Gasteiger charge is 2.16. The van der Waals surface area contributed by atoms with Crippen LogP contribution in [0.15, 0.2) is 51.5 Å². The van der Waals surface area contributed by atoms with Gasteiger partial charge in [0.15, 0.2) is 5.75 Å². The van der Waals surface area contributed by atoms with Crippen LogP contribution < -0.4 is 4.74 Å². The van der Waals surface area contributed by atoms with E-state index in [1.807, 2.05) is 24.3 Å². The summed E-state index contributed by atoms with van der Waals surface area (Å²) in [5.74, 6) is 0.934. The number of halogens is 1. The second-order valence-electron chi connectivity index (χ2n) is 3.77. The van der Waals surface area contributed by atoms with E-state index in [0.29, 0.717) is 21.8 Å². The zero-order chi connectivity index (χ0) is 13.2. The Hall–Kier alpha value is -2.32. The van der Waals surface area contributed by atoms with Gasteiger partial charge in [0.25, 0.3) is 0 Å². The lowest BCUT2D eigenvalue weighted by atomic mass is 10.2. The van der Waals surface area contributed by atoms with Gasteiger partial charge in [-0.3, -0.25) is 0 Å². The van der Waals surface area contributed by atoms with Crippen molar-refractivity contribution in [3.63, 3.8) is 0 Å². The minimum absolute atomic E-state index is 0.142. The fourth-order valence-corrected chi connectivity index (χ4v) is 2.08. The van der Waals surface area contributed by atoms with Gasteiger partial charge in [0.2, 0.25) is 11.6 Å². The van der Waals surface area contributed by atoms with Crippen molar-refractivity contribution in [2.75, 3.05) is 0 Å². The smallest absolute Gasteiger partial charge is 0.247 e. The molecule has 0 aliphatic heterocycles. The van der Waals surface area contributed by atoms with Crippen LogP contribution in [0, 0.1) is 11.3 Å². The van der Waals surface area contributed by atoms with Crippen LogP contribution in [0.1, 0.15) is 5.76 Å². The van der Waals surface area contributed by atoms with Gasteiger partial charge in [-0.15, -0.1) is 0 Å². The van der Waals surface area contributed by atoms with Gasteiger partial charge >= 0.3 is 0 Å².